The molecule has 0 saturated heterocycles. The molecule has 0 fully saturated rings. The molecule has 3 nitrogen and oxygen atoms in total. The standard InChI is InChI=1S/C17H20BrNO2/c1-12-6-7-16(13(2)19)17(10-12)21-9-8-20-15-5-3-4-14(18)11-15/h3-7,10-11,13H,8-9,19H2,1-2H3/t13-/m0/s1. The first-order chi connectivity index (χ1) is 10.1. The van der Waals surface area contributed by atoms with E-state index in [0.29, 0.717) is 13.2 Å². The van der Waals surface area contributed by atoms with Gasteiger partial charge in [0.25, 0.3) is 0 Å². The lowest BCUT2D eigenvalue weighted by Gasteiger charge is -2.15. The lowest BCUT2D eigenvalue weighted by atomic mass is 10.1. The molecular weight excluding hydrogens is 330 g/mol. The molecule has 0 radical (unpaired) electrons. The molecule has 0 spiro atoms. The predicted octanol–water partition coefficient (Wildman–Crippen LogP) is 4.24. The van der Waals surface area contributed by atoms with Crippen molar-refractivity contribution in [3.63, 3.8) is 0 Å². The quantitative estimate of drug-likeness (QED) is 0.793. The van der Waals surface area contributed by atoms with E-state index < -0.39 is 0 Å². The van der Waals surface area contributed by atoms with Crippen molar-refractivity contribution in [1.82, 2.24) is 0 Å². The minimum Gasteiger partial charge on any atom is -0.490 e. The molecule has 0 saturated carbocycles. The smallest absolute Gasteiger partial charge is 0.124 e. The zero-order valence-corrected chi connectivity index (χ0v) is 13.9. The van der Waals surface area contributed by atoms with Crippen LogP contribution in [0.1, 0.15) is 24.1 Å². The van der Waals surface area contributed by atoms with E-state index in [1.165, 1.54) is 0 Å². The number of rotatable bonds is 6. The largest absolute Gasteiger partial charge is 0.490 e. The lowest BCUT2D eigenvalue weighted by Crippen LogP contribution is -2.12. The summed E-state index contributed by atoms with van der Waals surface area (Å²) in [6.07, 6.45) is 0. The molecule has 2 aromatic rings. The van der Waals surface area contributed by atoms with Crippen molar-refractivity contribution in [2.45, 2.75) is 19.9 Å². The molecule has 1 atom stereocenters. The maximum absolute atomic E-state index is 5.96. The highest BCUT2D eigenvalue weighted by atomic mass is 79.9. The van der Waals surface area contributed by atoms with Crippen LogP contribution in [0.5, 0.6) is 11.5 Å². The van der Waals surface area contributed by atoms with Crippen LogP contribution in [0.4, 0.5) is 0 Å². The van der Waals surface area contributed by atoms with Gasteiger partial charge in [0, 0.05) is 16.1 Å². The van der Waals surface area contributed by atoms with Crippen LogP contribution < -0.4 is 15.2 Å². The fourth-order valence-electron chi connectivity index (χ4n) is 2.01. The van der Waals surface area contributed by atoms with E-state index in [1.54, 1.807) is 0 Å². The zero-order valence-electron chi connectivity index (χ0n) is 12.3. The summed E-state index contributed by atoms with van der Waals surface area (Å²) in [7, 11) is 0. The van der Waals surface area contributed by atoms with Crippen molar-refractivity contribution >= 4 is 15.9 Å². The SMILES string of the molecule is Cc1ccc([C@H](C)N)c(OCCOc2cccc(Br)c2)c1. The number of halogens is 1. The second-order valence-electron chi connectivity index (χ2n) is 4.98. The van der Waals surface area contributed by atoms with Gasteiger partial charge in [-0.2, -0.15) is 0 Å². The molecule has 2 rings (SSSR count). The maximum Gasteiger partial charge on any atom is 0.124 e. The van der Waals surface area contributed by atoms with E-state index in [2.05, 4.69) is 15.9 Å². The topological polar surface area (TPSA) is 44.5 Å². The van der Waals surface area contributed by atoms with Crippen LogP contribution in [0.2, 0.25) is 0 Å². The summed E-state index contributed by atoms with van der Waals surface area (Å²) in [4.78, 5) is 0. The number of hydrogen-bond donors (Lipinski definition) is 1. The normalized spacial score (nSPS) is 12.0. The van der Waals surface area contributed by atoms with Gasteiger partial charge in [-0.3, -0.25) is 0 Å². The molecule has 0 heterocycles. The number of benzene rings is 2. The van der Waals surface area contributed by atoms with Gasteiger partial charge in [0.15, 0.2) is 0 Å². The van der Waals surface area contributed by atoms with Gasteiger partial charge in [-0.15, -0.1) is 0 Å². The van der Waals surface area contributed by atoms with Crippen molar-refractivity contribution in [1.29, 1.82) is 0 Å². The summed E-state index contributed by atoms with van der Waals surface area (Å²) in [5.41, 5.74) is 8.13. The van der Waals surface area contributed by atoms with Crippen LogP contribution in [-0.4, -0.2) is 13.2 Å². The zero-order chi connectivity index (χ0) is 15.2. The third-order valence-corrected chi connectivity index (χ3v) is 3.56. The molecular formula is C17H20BrNO2. The molecule has 21 heavy (non-hydrogen) atoms. The van der Waals surface area contributed by atoms with E-state index in [-0.39, 0.29) is 6.04 Å². The van der Waals surface area contributed by atoms with Crippen LogP contribution in [-0.2, 0) is 0 Å². The Morgan fingerprint density at radius 3 is 2.57 bits per heavy atom. The van der Waals surface area contributed by atoms with Crippen LogP contribution in [0.3, 0.4) is 0 Å². The molecule has 0 aliphatic carbocycles. The summed E-state index contributed by atoms with van der Waals surface area (Å²) in [5.74, 6) is 1.66. The van der Waals surface area contributed by atoms with Gasteiger partial charge in [-0.1, -0.05) is 34.1 Å². The minimum atomic E-state index is -0.0494. The van der Waals surface area contributed by atoms with E-state index in [4.69, 9.17) is 15.2 Å². The second kappa shape index (κ2) is 7.48. The van der Waals surface area contributed by atoms with Crippen molar-refractivity contribution < 1.29 is 9.47 Å². The summed E-state index contributed by atoms with van der Waals surface area (Å²) in [6.45, 7) is 4.96. The van der Waals surface area contributed by atoms with Crippen molar-refractivity contribution in [3.05, 3.63) is 58.1 Å². The van der Waals surface area contributed by atoms with Crippen LogP contribution >= 0.6 is 15.9 Å². The Bertz CT molecular complexity index is 599. The molecule has 0 bridgehead atoms. The maximum atomic E-state index is 5.96. The molecule has 0 aliphatic rings. The molecule has 2 N–H and O–H groups in total. The highest BCUT2D eigenvalue weighted by Crippen LogP contribution is 2.25. The fraction of sp³-hybridized carbons (Fsp3) is 0.294. The number of hydrogen-bond acceptors (Lipinski definition) is 3. The first-order valence-corrected chi connectivity index (χ1v) is 7.73. The predicted molar refractivity (Wildman–Crippen MR) is 88.9 cm³/mol. The number of aryl methyl sites for hydroxylation is 1. The summed E-state index contributed by atoms with van der Waals surface area (Å²) in [6, 6.07) is 13.8. The van der Waals surface area contributed by atoms with Crippen LogP contribution in [0.15, 0.2) is 46.9 Å². The molecule has 0 aromatic heterocycles. The third kappa shape index (κ3) is 4.76. The summed E-state index contributed by atoms with van der Waals surface area (Å²) >= 11 is 3.42. The Balaban J connectivity index is 1.90. The molecule has 0 amide bonds. The van der Waals surface area contributed by atoms with Gasteiger partial charge in [0.05, 0.1) is 0 Å². The van der Waals surface area contributed by atoms with Gasteiger partial charge in [-0.25, -0.2) is 0 Å². The Morgan fingerprint density at radius 2 is 1.86 bits per heavy atom. The molecule has 0 aliphatic heterocycles. The third-order valence-electron chi connectivity index (χ3n) is 3.07. The van der Waals surface area contributed by atoms with Crippen LogP contribution in [0.25, 0.3) is 0 Å². The van der Waals surface area contributed by atoms with Gasteiger partial charge >= 0.3 is 0 Å². The monoisotopic (exact) mass is 349 g/mol. The fourth-order valence-corrected chi connectivity index (χ4v) is 2.39. The van der Waals surface area contributed by atoms with Crippen molar-refractivity contribution in [3.8, 4) is 11.5 Å². The molecule has 4 heteroatoms. The van der Waals surface area contributed by atoms with Crippen LogP contribution in [0, 0.1) is 6.92 Å². The highest BCUT2D eigenvalue weighted by Gasteiger charge is 2.08. The molecule has 112 valence electrons. The Labute approximate surface area is 134 Å². The first-order valence-electron chi connectivity index (χ1n) is 6.93. The lowest BCUT2D eigenvalue weighted by molar-refractivity contribution is 0.215. The Kier molecular flexibility index (Phi) is 5.65. The van der Waals surface area contributed by atoms with Crippen molar-refractivity contribution in [2.24, 2.45) is 5.73 Å². The van der Waals surface area contributed by atoms with E-state index >= 15 is 0 Å². The summed E-state index contributed by atoms with van der Waals surface area (Å²) in [5, 5.41) is 0. The average molecular weight is 350 g/mol. The van der Waals surface area contributed by atoms with Crippen molar-refractivity contribution in [2.75, 3.05) is 13.2 Å². The Hall–Kier alpha value is -1.52. The van der Waals surface area contributed by atoms with Gasteiger partial charge < -0.3 is 15.2 Å². The number of nitrogens with two attached hydrogens (primary N) is 1. The van der Waals surface area contributed by atoms with Gasteiger partial charge in [0.1, 0.15) is 24.7 Å². The highest BCUT2D eigenvalue weighted by molar-refractivity contribution is 9.10. The minimum absolute atomic E-state index is 0.0494. The summed E-state index contributed by atoms with van der Waals surface area (Å²) < 4.78 is 12.5. The van der Waals surface area contributed by atoms with E-state index in [1.807, 2.05) is 56.3 Å². The second-order valence-corrected chi connectivity index (χ2v) is 5.90. The Morgan fingerprint density at radius 1 is 1.10 bits per heavy atom. The molecule has 2 aromatic carbocycles. The molecule has 0 unspecified atom stereocenters. The van der Waals surface area contributed by atoms with Gasteiger partial charge in [-0.05, 0) is 43.7 Å². The first kappa shape index (κ1) is 15.9. The number of ether oxygens (including phenoxy) is 2. The van der Waals surface area contributed by atoms with E-state index in [9.17, 15) is 0 Å². The van der Waals surface area contributed by atoms with Gasteiger partial charge in [0.2, 0.25) is 0 Å². The van der Waals surface area contributed by atoms with E-state index in [0.717, 1.165) is 27.1 Å². The average Bonchev–Trinajstić information content (AvgIpc) is 2.43.